The lowest BCUT2D eigenvalue weighted by Crippen LogP contribution is -2.11. The second-order valence-electron chi connectivity index (χ2n) is 3.80. The smallest absolute Gasteiger partial charge is 0.338 e. The number of hydrogen-bond donors (Lipinski definition) is 2. The molecule has 0 fully saturated rings. The first-order chi connectivity index (χ1) is 8.29. The van der Waals surface area contributed by atoms with Crippen LogP contribution in [0.5, 0.6) is 0 Å². The molecule has 0 heterocycles. The Bertz CT molecular complexity index is 565. The molecule has 18 heavy (non-hydrogen) atoms. The summed E-state index contributed by atoms with van der Waals surface area (Å²) in [5.74, 6) is -2.77. The second-order valence-corrected chi connectivity index (χ2v) is 5.91. The molecule has 0 atom stereocenters. The van der Waals surface area contributed by atoms with Crippen molar-refractivity contribution < 1.29 is 27.8 Å². The molecule has 5 nitrogen and oxygen atoms in total. The highest BCUT2D eigenvalue weighted by molar-refractivity contribution is 7.91. The van der Waals surface area contributed by atoms with Crippen LogP contribution in [-0.4, -0.2) is 37.0 Å². The minimum absolute atomic E-state index is 0.0428. The van der Waals surface area contributed by atoms with Gasteiger partial charge in [-0.05, 0) is 31.0 Å². The maximum Gasteiger partial charge on any atom is 0.338 e. The largest absolute Gasteiger partial charge is 0.478 e. The van der Waals surface area contributed by atoms with Crippen molar-refractivity contribution in [2.75, 3.05) is 12.4 Å². The lowest BCUT2D eigenvalue weighted by molar-refractivity contribution is 0.0691. The first-order valence-corrected chi connectivity index (χ1v) is 6.82. The predicted molar refractivity (Wildman–Crippen MR) is 61.9 cm³/mol. The summed E-state index contributed by atoms with van der Waals surface area (Å²) >= 11 is 0. The van der Waals surface area contributed by atoms with Gasteiger partial charge in [0.05, 0.1) is 16.2 Å². The molecular formula is C11H13FO5S. The number of carboxylic acid groups (broad SMARTS) is 1. The van der Waals surface area contributed by atoms with Crippen LogP contribution in [-0.2, 0) is 9.84 Å². The van der Waals surface area contributed by atoms with E-state index in [1.54, 1.807) is 0 Å². The first-order valence-electron chi connectivity index (χ1n) is 5.16. The van der Waals surface area contributed by atoms with Crippen LogP contribution in [0.15, 0.2) is 17.0 Å². The summed E-state index contributed by atoms with van der Waals surface area (Å²) < 4.78 is 37.1. The molecular weight excluding hydrogens is 263 g/mol. The molecule has 0 aliphatic carbocycles. The molecule has 2 N–H and O–H groups in total. The van der Waals surface area contributed by atoms with Gasteiger partial charge in [0, 0.05) is 6.61 Å². The fraction of sp³-hybridized carbons (Fsp3) is 0.364. The highest BCUT2D eigenvalue weighted by atomic mass is 32.2. The summed E-state index contributed by atoms with van der Waals surface area (Å²) in [6, 6.07) is 1.89. The lowest BCUT2D eigenvalue weighted by Gasteiger charge is -2.07. The zero-order valence-electron chi connectivity index (χ0n) is 9.68. The number of aryl methyl sites for hydroxylation is 1. The monoisotopic (exact) mass is 276 g/mol. The van der Waals surface area contributed by atoms with Crippen LogP contribution in [0.1, 0.15) is 22.3 Å². The van der Waals surface area contributed by atoms with Gasteiger partial charge < -0.3 is 10.2 Å². The molecule has 0 saturated heterocycles. The summed E-state index contributed by atoms with van der Waals surface area (Å²) in [6.07, 6.45) is 0.0428. The molecule has 0 bridgehead atoms. The van der Waals surface area contributed by atoms with Gasteiger partial charge in [-0.2, -0.15) is 0 Å². The van der Waals surface area contributed by atoms with E-state index in [1.807, 2.05) is 0 Å². The van der Waals surface area contributed by atoms with E-state index < -0.39 is 27.2 Å². The molecule has 0 spiro atoms. The van der Waals surface area contributed by atoms with Crippen molar-refractivity contribution in [3.05, 3.63) is 29.1 Å². The lowest BCUT2D eigenvalue weighted by atomic mass is 10.1. The van der Waals surface area contributed by atoms with E-state index in [2.05, 4.69) is 0 Å². The molecule has 100 valence electrons. The molecule has 0 amide bonds. The van der Waals surface area contributed by atoms with Crippen molar-refractivity contribution in [1.29, 1.82) is 0 Å². The third-order valence-electron chi connectivity index (χ3n) is 2.39. The van der Waals surface area contributed by atoms with E-state index in [4.69, 9.17) is 10.2 Å². The molecule has 0 aliphatic rings. The summed E-state index contributed by atoms with van der Waals surface area (Å²) in [6.45, 7) is 1.01. The van der Waals surface area contributed by atoms with Gasteiger partial charge >= 0.3 is 5.97 Å². The maximum atomic E-state index is 13.5. The topological polar surface area (TPSA) is 91.7 Å². The summed E-state index contributed by atoms with van der Waals surface area (Å²) in [4.78, 5) is 10.5. The van der Waals surface area contributed by atoms with Crippen LogP contribution in [0.4, 0.5) is 4.39 Å². The number of aromatic carboxylic acids is 1. The van der Waals surface area contributed by atoms with Gasteiger partial charge in [-0.1, -0.05) is 0 Å². The van der Waals surface area contributed by atoms with E-state index in [1.165, 1.54) is 6.92 Å². The van der Waals surface area contributed by atoms with Crippen molar-refractivity contribution in [1.82, 2.24) is 0 Å². The molecule has 0 unspecified atom stereocenters. The molecule has 0 saturated carbocycles. The highest BCUT2D eigenvalue weighted by Gasteiger charge is 2.20. The minimum atomic E-state index is -3.71. The average Bonchev–Trinajstić information content (AvgIpc) is 2.29. The van der Waals surface area contributed by atoms with Gasteiger partial charge in [-0.25, -0.2) is 17.6 Å². The number of benzene rings is 1. The second kappa shape index (κ2) is 5.45. The van der Waals surface area contributed by atoms with E-state index in [-0.39, 0.29) is 29.2 Å². The molecule has 0 aliphatic heterocycles. The molecule has 1 aromatic rings. The number of aliphatic hydroxyl groups excluding tert-OH is 1. The number of carbonyl (C=O) groups is 1. The van der Waals surface area contributed by atoms with E-state index in [9.17, 15) is 17.6 Å². The Kier molecular flexibility index (Phi) is 4.42. The number of aliphatic hydroxyl groups is 1. The summed E-state index contributed by atoms with van der Waals surface area (Å²) in [7, 11) is -3.71. The van der Waals surface area contributed by atoms with Crippen LogP contribution in [0.2, 0.25) is 0 Å². The SMILES string of the molecule is Cc1cc(S(=O)(=O)CCCO)cc(C(=O)O)c1F. The van der Waals surface area contributed by atoms with Gasteiger partial charge in [0.15, 0.2) is 9.84 Å². The van der Waals surface area contributed by atoms with Gasteiger partial charge in [-0.3, -0.25) is 0 Å². The van der Waals surface area contributed by atoms with Crippen LogP contribution < -0.4 is 0 Å². The van der Waals surface area contributed by atoms with E-state index in [0.717, 1.165) is 12.1 Å². The van der Waals surface area contributed by atoms with Crippen molar-refractivity contribution in [2.24, 2.45) is 0 Å². The van der Waals surface area contributed by atoms with Gasteiger partial charge in [-0.15, -0.1) is 0 Å². The third kappa shape index (κ3) is 3.05. The van der Waals surface area contributed by atoms with Gasteiger partial charge in [0.2, 0.25) is 0 Å². The molecule has 0 radical (unpaired) electrons. The van der Waals surface area contributed by atoms with E-state index in [0.29, 0.717) is 0 Å². The molecule has 1 aromatic carbocycles. The highest BCUT2D eigenvalue weighted by Crippen LogP contribution is 2.20. The van der Waals surface area contributed by atoms with Gasteiger partial charge in [0.1, 0.15) is 5.82 Å². The van der Waals surface area contributed by atoms with Crippen molar-refractivity contribution in [3.63, 3.8) is 0 Å². The van der Waals surface area contributed by atoms with Crippen LogP contribution in [0, 0.1) is 12.7 Å². The van der Waals surface area contributed by atoms with E-state index >= 15 is 0 Å². The molecule has 0 aromatic heterocycles. The summed E-state index contributed by atoms with van der Waals surface area (Å²) in [5.41, 5.74) is -0.713. The predicted octanol–water partition coefficient (Wildman–Crippen LogP) is 0.988. The summed E-state index contributed by atoms with van der Waals surface area (Å²) in [5, 5.41) is 17.4. The number of halogens is 1. The quantitative estimate of drug-likeness (QED) is 0.782. The number of sulfone groups is 1. The minimum Gasteiger partial charge on any atom is -0.478 e. The standard InChI is InChI=1S/C11H13FO5S/c1-7-5-8(18(16,17)4-2-3-13)6-9(10(7)12)11(14)15/h5-6,13H,2-4H2,1H3,(H,14,15). The van der Waals surface area contributed by atoms with Crippen molar-refractivity contribution in [2.45, 2.75) is 18.2 Å². The number of carboxylic acids is 1. The number of hydrogen-bond acceptors (Lipinski definition) is 4. The third-order valence-corrected chi connectivity index (χ3v) is 4.17. The van der Waals surface area contributed by atoms with Gasteiger partial charge in [0.25, 0.3) is 0 Å². The Hall–Kier alpha value is -1.47. The van der Waals surface area contributed by atoms with Crippen molar-refractivity contribution in [3.8, 4) is 0 Å². The Morgan fingerprint density at radius 2 is 2.00 bits per heavy atom. The molecule has 7 heteroatoms. The average molecular weight is 276 g/mol. The Morgan fingerprint density at radius 3 is 2.50 bits per heavy atom. The van der Waals surface area contributed by atoms with Crippen molar-refractivity contribution >= 4 is 15.8 Å². The fourth-order valence-electron chi connectivity index (χ4n) is 1.44. The Morgan fingerprint density at radius 1 is 1.39 bits per heavy atom. The molecule has 1 rings (SSSR count). The van der Waals surface area contributed by atoms with Crippen LogP contribution in [0.25, 0.3) is 0 Å². The maximum absolute atomic E-state index is 13.5. The van der Waals surface area contributed by atoms with Crippen LogP contribution >= 0.6 is 0 Å². The zero-order valence-corrected chi connectivity index (χ0v) is 10.5. The Balaban J connectivity index is 3.31. The number of rotatable bonds is 5. The Labute approximate surface area is 104 Å². The zero-order chi connectivity index (χ0) is 13.9. The normalized spacial score (nSPS) is 11.5. The van der Waals surface area contributed by atoms with Crippen LogP contribution in [0.3, 0.4) is 0 Å². The fourth-order valence-corrected chi connectivity index (χ4v) is 2.84. The first kappa shape index (κ1) is 14.6.